The van der Waals surface area contributed by atoms with E-state index in [1.54, 1.807) is 13.2 Å². The molecule has 0 bridgehead atoms. The third-order valence-corrected chi connectivity index (χ3v) is 3.55. The lowest BCUT2D eigenvalue weighted by atomic mass is 9.88. The molecule has 4 heteroatoms. The number of hydrogen-bond donors (Lipinski definition) is 2. The molecule has 0 aromatic heterocycles. The number of piperidine rings is 1. The van der Waals surface area contributed by atoms with E-state index in [0.29, 0.717) is 11.4 Å². The zero-order chi connectivity index (χ0) is 13.8. The Morgan fingerprint density at radius 2 is 2.00 bits per heavy atom. The van der Waals surface area contributed by atoms with Crippen LogP contribution < -0.4 is 15.4 Å². The van der Waals surface area contributed by atoms with Crippen molar-refractivity contribution in [1.82, 2.24) is 5.32 Å². The van der Waals surface area contributed by atoms with Crippen molar-refractivity contribution in [1.29, 1.82) is 0 Å². The first-order valence-corrected chi connectivity index (χ1v) is 6.97. The van der Waals surface area contributed by atoms with Crippen LogP contribution in [0.15, 0.2) is 12.1 Å². The normalized spacial score (nSPS) is 16.7. The molecule has 2 N–H and O–H groups in total. The van der Waals surface area contributed by atoms with Crippen LogP contribution in [0, 0.1) is 5.82 Å². The fourth-order valence-electron chi connectivity index (χ4n) is 2.67. The summed E-state index contributed by atoms with van der Waals surface area (Å²) in [5.74, 6) is 0.753. The maximum Gasteiger partial charge on any atom is 0.153 e. The number of nitrogens with one attached hydrogen (secondary N) is 2. The summed E-state index contributed by atoms with van der Waals surface area (Å²) in [5, 5.41) is 6.47. The average Bonchev–Trinajstić information content (AvgIpc) is 2.41. The van der Waals surface area contributed by atoms with Gasteiger partial charge in [-0.25, -0.2) is 4.39 Å². The fourth-order valence-corrected chi connectivity index (χ4v) is 2.67. The first-order chi connectivity index (χ1) is 9.13. The van der Waals surface area contributed by atoms with Gasteiger partial charge >= 0.3 is 0 Å². The van der Waals surface area contributed by atoms with E-state index in [2.05, 4.69) is 10.6 Å². The van der Waals surface area contributed by atoms with Crippen molar-refractivity contribution in [3.05, 3.63) is 23.5 Å². The third kappa shape index (κ3) is 3.18. The predicted octanol–water partition coefficient (Wildman–Crippen LogP) is 3.12. The molecule has 1 aromatic rings. The van der Waals surface area contributed by atoms with Crippen molar-refractivity contribution in [2.45, 2.75) is 38.6 Å². The Labute approximate surface area is 114 Å². The molecule has 1 fully saturated rings. The first-order valence-electron chi connectivity index (χ1n) is 6.97. The van der Waals surface area contributed by atoms with Gasteiger partial charge < -0.3 is 15.4 Å². The zero-order valence-electron chi connectivity index (χ0n) is 11.9. The molecule has 1 aliphatic heterocycles. The van der Waals surface area contributed by atoms with Gasteiger partial charge in [-0.15, -0.1) is 0 Å². The second-order valence-corrected chi connectivity index (χ2v) is 5.37. The highest BCUT2D eigenvalue weighted by atomic mass is 19.1. The number of methoxy groups -OCH3 is 1. The lowest BCUT2D eigenvalue weighted by molar-refractivity contribution is 0.382. The lowest BCUT2D eigenvalue weighted by Gasteiger charge is -2.26. The van der Waals surface area contributed by atoms with E-state index in [9.17, 15) is 4.39 Å². The number of anilines is 1. The quantitative estimate of drug-likeness (QED) is 0.878. The van der Waals surface area contributed by atoms with Crippen molar-refractivity contribution < 1.29 is 9.13 Å². The van der Waals surface area contributed by atoms with Crippen LogP contribution >= 0.6 is 0 Å². The summed E-state index contributed by atoms with van der Waals surface area (Å²) < 4.78 is 20.1. The Balaban J connectivity index is 2.36. The Bertz CT molecular complexity index is 428. The highest BCUT2D eigenvalue weighted by Crippen LogP contribution is 2.37. The van der Waals surface area contributed by atoms with E-state index in [-0.39, 0.29) is 17.8 Å². The van der Waals surface area contributed by atoms with Crippen molar-refractivity contribution in [3.63, 3.8) is 0 Å². The predicted molar refractivity (Wildman–Crippen MR) is 76.6 cm³/mol. The largest absolute Gasteiger partial charge is 0.496 e. The summed E-state index contributed by atoms with van der Waals surface area (Å²) in [6.07, 6.45) is 1.91. The van der Waals surface area contributed by atoms with Gasteiger partial charge in [0.25, 0.3) is 0 Å². The molecule has 19 heavy (non-hydrogen) atoms. The molecule has 106 valence electrons. The number of hydrogen-bond acceptors (Lipinski definition) is 3. The minimum absolute atomic E-state index is 0.153. The second kappa shape index (κ2) is 6.24. The molecule has 0 saturated carbocycles. The third-order valence-electron chi connectivity index (χ3n) is 3.55. The van der Waals surface area contributed by atoms with Gasteiger partial charge in [-0.05, 0) is 57.8 Å². The minimum Gasteiger partial charge on any atom is -0.496 e. The van der Waals surface area contributed by atoms with Gasteiger partial charge in [0.05, 0.1) is 12.8 Å². The van der Waals surface area contributed by atoms with Crippen molar-refractivity contribution in [2.24, 2.45) is 0 Å². The van der Waals surface area contributed by atoms with Gasteiger partial charge in [-0.2, -0.15) is 0 Å². The van der Waals surface area contributed by atoms with Gasteiger partial charge in [0.15, 0.2) is 5.82 Å². The number of ether oxygens (including phenoxy) is 1. The number of halogens is 1. The average molecular weight is 266 g/mol. The molecule has 2 rings (SSSR count). The molecule has 1 aromatic carbocycles. The van der Waals surface area contributed by atoms with Crippen LogP contribution in [-0.4, -0.2) is 26.2 Å². The van der Waals surface area contributed by atoms with Crippen LogP contribution in [0.2, 0.25) is 0 Å². The van der Waals surface area contributed by atoms with Crippen LogP contribution in [0.3, 0.4) is 0 Å². The Kier molecular flexibility index (Phi) is 4.64. The van der Waals surface area contributed by atoms with E-state index in [0.717, 1.165) is 31.5 Å². The van der Waals surface area contributed by atoms with E-state index in [4.69, 9.17) is 4.74 Å². The smallest absolute Gasteiger partial charge is 0.153 e. The summed E-state index contributed by atoms with van der Waals surface area (Å²) in [7, 11) is 1.61. The molecular weight excluding hydrogens is 243 g/mol. The van der Waals surface area contributed by atoms with Crippen LogP contribution in [0.25, 0.3) is 0 Å². The Hall–Kier alpha value is -1.29. The maximum atomic E-state index is 14.7. The van der Waals surface area contributed by atoms with E-state index < -0.39 is 0 Å². The lowest BCUT2D eigenvalue weighted by Crippen LogP contribution is -2.27. The van der Waals surface area contributed by atoms with E-state index in [1.807, 2.05) is 19.9 Å². The highest BCUT2D eigenvalue weighted by Gasteiger charge is 2.24. The summed E-state index contributed by atoms with van der Waals surface area (Å²) >= 11 is 0. The van der Waals surface area contributed by atoms with Gasteiger partial charge in [0.1, 0.15) is 5.75 Å². The van der Waals surface area contributed by atoms with Crippen molar-refractivity contribution in [2.75, 3.05) is 25.5 Å². The minimum atomic E-state index is -0.153. The molecule has 0 unspecified atom stereocenters. The van der Waals surface area contributed by atoms with Gasteiger partial charge in [0, 0.05) is 11.6 Å². The zero-order valence-corrected chi connectivity index (χ0v) is 11.9. The molecule has 0 amide bonds. The molecule has 0 spiro atoms. The van der Waals surface area contributed by atoms with Crippen molar-refractivity contribution in [3.8, 4) is 5.75 Å². The van der Waals surface area contributed by atoms with Crippen LogP contribution in [-0.2, 0) is 0 Å². The maximum absolute atomic E-state index is 14.7. The Morgan fingerprint density at radius 3 is 2.58 bits per heavy atom. The van der Waals surface area contributed by atoms with Crippen LogP contribution in [0.5, 0.6) is 5.75 Å². The number of rotatable bonds is 4. The van der Waals surface area contributed by atoms with E-state index >= 15 is 0 Å². The van der Waals surface area contributed by atoms with Gasteiger partial charge in [0.2, 0.25) is 0 Å². The van der Waals surface area contributed by atoms with Crippen molar-refractivity contribution >= 4 is 5.69 Å². The number of benzene rings is 1. The van der Waals surface area contributed by atoms with E-state index in [1.165, 1.54) is 0 Å². The first kappa shape index (κ1) is 14.1. The molecule has 0 radical (unpaired) electrons. The Morgan fingerprint density at radius 1 is 1.32 bits per heavy atom. The molecule has 3 nitrogen and oxygen atoms in total. The van der Waals surface area contributed by atoms with Gasteiger partial charge in [-0.3, -0.25) is 0 Å². The SMILES string of the molecule is COc1ccc(NC(C)C)c(F)c1C1CCNCC1. The van der Waals surface area contributed by atoms with Gasteiger partial charge in [-0.1, -0.05) is 0 Å². The molecule has 0 aliphatic carbocycles. The van der Waals surface area contributed by atoms with Crippen LogP contribution in [0.1, 0.15) is 38.2 Å². The molecule has 0 atom stereocenters. The topological polar surface area (TPSA) is 33.3 Å². The molecule has 1 aliphatic rings. The second-order valence-electron chi connectivity index (χ2n) is 5.37. The molecular formula is C15H23FN2O. The van der Waals surface area contributed by atoms with Crippen LogP contribution in [0.4, 0.5) is 10.1 Å². The monoisotopic (exact) mass is 266 g/mol. The summed E-state index contributed by atoms with van der Waals surface area (Å²) in [5.41, 5.74) is 1.30. The fraction of sp³-hybridized carbons (Fsp3) is 0.600. The summed E-state index contributed by atoms with van der Waals surface area (Å²) in [4.78, 5) is 0. The summed E-state index contributed by atoms with van der Waals surface area (Å²) in [6, 6.07) is 3.84. The molecule has 1 saturated heterocycles. The molecule has 1 heterocycles. The summed E-state index contributed by atoms with van der Waals surface area (Å²) in [6.45, 7) is 5.89. The standard InChI is InChI=1S/C15H23FN2O/c1-10(2)18-12-4-5-13(19-3)14(15(12)16)11-6-8-17-9-7-11/h4-5,10-11,17-18H,6-9H2,1-3H3. The highest BCUT2D eigenvalue weighted by molar-refractivity contribution is 5.54.